The number of rotatable bonds is 6. The average Bonchev–Trinajstić information content (AvgIpc) is 3.35. The molecule has 1 fully saturated rings. The second-order valence-electron chi connectivity index (χ2n) is 7.82. The predicted molar refractivity (Wildman–Crippen MR) is 113 cm³/mol. The second kappa shape index (κ2) is 8.65. The molecule has 30 heavy (non-hydrogen) atoms. The summed E-state index contributed by atoms with van der Waals surface area (Å²) >= 11 is 1.45. The number of fused-ring (bicyclic) bond motifs is 1. The number of hydrogen-bond acceptors (Lipinski definition) is 6. The van der Waals surface area contributed by atoms with E-state index in [1.165, 1.54) is 30.4 Å². The smallest absolute Gasteiger partial charge is 0.219 e. The van der Waals surface area contributed by atoms with E-state index in [0.717, 1.165) is 46.8 Å². The first kappa shape index (κ1) is 20.7. The van der Waals surface area contributed by atoms with Gasteiger partial charge in [-0.25, -0.2) is 4.39 Å². The molecule has 1 aromatic carbocycles. The van der Waals surface area contributed by atoms with Gasteiger partial charge in [-0.2, -0.15) is 0 Å². The number of Topliss-reactive ketones (excluding diaryl/α,β-unsaturated/α-hetero) is 1. The van der Waals surface area contributed by atoms with Crippen molar-refractivity contribution >= 4 is 34.0 Å². The van der Waals surface area contributed by atoms with Crippen molar-refractivity contribution in [3.05, 3.63) is 51.6 Å². The maximum atomic E-state index is 13.4. The number of benzene rings is 1. The van der Waals surface area contributed by atoms with Crippen LogP contribution in [-0.4, -0.2) is 53.3 Å². The number of carbonyl (C=O) groups is 2. The van der Waals surface area contributed by atoms with Gasteiger partial charge >= 0.3 is 0 Å². The zero-order valence-corrected chi connectivity index (χ0v) is 17.9. The molecule has 2 aromatic heterocycles. The number of ketones is 1. The molecule has 1 aliphatic rings. The van der Waals surface area contributed by atoms with Gasteiger partial charge in [0, 0.05) is 36.2 Å². The van der Waals surface area contributed by atoms with E-state index in [2.05, 4.69) is 10.1 Å². The van der Waals surface area contributed by atoms with Gasteiger partial charge in [0.1, 0.15) is 5.82 Å². The quantitative estimate of drug-likeness (QED) is 0.553. The van der Waals surface area contributed by atoms with Gasteiger partial charge in [0.25, 0.3) is 0 Å². The van der Waals surface area contributed by atoms with E-state index < -0.39 is 0 Å². The van der Waals surface area contributed by atoms with Crippen LogP contribution < -0.4 is 0 Å². The van der Waals surface area contributed by atoms with Crippen LogP contribution in [0, 0.1) is 5.82 Å². The fourth-order valence-corrected chi connectivity index (χ4v) is 4.82. The van der Waals surface area contributed by atoms with Crippen LogP contribution >= 0.6 is 11.3 Å². The Morgan fingerprint density at radius 2 is 2.03 bits per heavy atom. The Labute approximate surface area is 178 Å². The minimum absolute atomic E-state index is 0.00386. The number of likely N-dealkylation sites (tertiary alicyclic amines) is 1. The molecule has 0 radical (unpaired) electrons. The summed E-state index contributed by atoms with van der Waals surface area (Å²) in [6.07, 6.45) is 1.76. The monoisotopic (exact) mass is 429 g/mol. The molecule has 4 rings (SSSR count). The molecule has 0 aliphatic carbocycles. The third kappa shape index (κ3) is 4.44. The number of nitrogens with zero attached hydrogens (tertiary/aromatic N) is 3. The molecular weight excluding hydrogens is 405 g/mol. The van der Waals surface area contributed by atoms with Crippen molar-refractivity contribution < 1.29 is 18.5 Å². The van der Waals surface area contributed by atoms with Crippen LogP contribution in [0.1, 0.15) is 45.9 Å². The van der Waals surface area contributed by atoms with Crippen molar-refractivity contribution in [2.75, 3.05) is 26.7 Å². The van der Waals surface area contributed by atoms with Gasteiger partial charge < -0.3 is 9.42 Å². The van der Waals surface area contributed by atoms with Gasteiger partial charge in [0.2, 0.25) is 5.91 Å². The van der Waals surface area contributed by atoms with Gasteiger partial charge in [0.05, 0.1) is 23.7 Å². The summed E-state index contributed by atoms with van der Waals surface area (Å²) < 4.78 is 18.7. The van der Waals surface area contributed by atoms with Crippen molar-refractivity contribution in [1.29, 1.82) is 0 Å². The molecule has 0 N–H and O–H groups in total. The molecular formula is C22H24FN3O3S. The van der Waals surface area contributed by atoms with Gasteiger partial charge in [0.15, 0.2) is 11.4 Å². The second-order valence-corrected chi connectivity index (χ2v) is 8.99. The average molecular weight is 430 g/mol. The van der Waals surface area contributed by atoms with E-state index in [-0.39, 0.29) is 23.4 Å². The fourth-order valence-electron chi connectivity index (χ4n) is 3.83. The number of carbonyl (C=O) groups excluding carboxylic acids is 2. The van der Waals surface area contributed by atoms with Crippen LogP contribution in [0.15, 0.2) is 34.9 Å². The standard InChI is InChI=1S/C22H24FN3O3S/c1-14(27)25(2)12-17-4-6-21(30-17)19(28)13-26-9-7-15(8-10-26)22-18-5-3-16(23)11-20(18)29-24-22/h3-6,11,15H,7-10,12-13H2,1-2H3. The molecule has 0 atom stereocenters. The third-order valence-electron chi connectivity index (χ3n) is 5.67. The summed E-state index contributed by atoms with van der Waals surface area (Å²) in [6.45, 7) is 4.05. The Balaban J connectivity index is 1.33. The Hall–Kier alpha value is -2.58. The molecule has 8 heteroatoms. The SMILES string of the molecule is CC(=O)N(C)Cc1ccc(C(=O)CN2CCC(c3noc4cc(F)ccc34)CC2)s1. The topological polar surface area (TPSA) is 66.7 Å². The lowest BCUT2D eigenvalue weighted by molar-refractivity contribution is -0.128. The van der Waals surface area contributed by atoms with E-state index in [4.69, 9.17) is 4.52 Å². The van der Waals surface area contributed by atoms with Crippen molar-refractivity contribution in [3.63, 3.8) is 0 Å². The predicted octanol–water partition coefficient (Wildman–Crippen LogP) is 4.07. The molecule has 0 unspecified atom stereocenters. The van der Waals surface area contributed by atoms with Gasteiger partial charge in [-0.05, 0) is 50.2 Å². The maximum Gasteiger partial charge on any atom is 0.219 e. The van der Waals surface area contributed by atoms with Gasteiger partial charge in [-0.15, -0.1) is 11.3 Å². The molecule has 0 spiro atoms. The number of piperidine rings is 1. The number of hydrogen-bond donors (Lipinski definition) is 0. The molecule has 3 aromatic rings. The number of thiophene rings is 1. The lowest BCUT2D eigenvalue weighted by Gasteiger charge is -2.30. The highest BCUT2D eigenvalue weighted by atomic mass is 32.1. The Bertz CT molecular complexity index is 1070. The van der Waals surface area contributed by atoms with E-state index in [0.29, 0.717) is 18.7 Å². The first-order valence-corrected chi connectivity index (χ1v) is 10.8. The molecule has 0 saturated carbocycles. The summed E-state index contributed by atoms with van der Waals surface area (Å²) in [7, 11) is 1.75. The summed E-state index contributed by atoms with van der Waals surface area (Å²) in [5, 5.41) is 5.05. The van der Waals surface area contributed by atoms with Crippen molar-refractivity contribution in [1.82, 2.24) is 15.0 Å². The Morgan fingerprint density at radius 1 is 1.27 bits per heavy atom. The third-order valence-corrected chi connectivity index (χ3v) is 6.78. The van der Waals surface area contributed by atoms with E-state index in [1.807, 2.05) is 12.1 Å². The molecule has 1 aliphatic heterocycles. The summed E-state index contributed by atoms with van der Waals surface area (Å²) in [5.41, 5.74) is 1.36. The lowest BCUT2D eigenvalue weighted by atomic mass is 9.91. The highest BCUT2D eigenvalue weighted by molar-refractivity contribution is 7.14. The Kier molecular flexibility index (Phi) is 5.97. The first-order valence-electron chi connectivity index (χ1n) is 10.0. The van der Waals surface area contributed by atoms with Crippen molar-refractivity contribution in [2.45, 2.75) is 32.2 Å². The fraction of sp³-hybridized carbons (Fsp3) is 0.409. The van der Waals surface area contributed by atoms with Crippen LogP contribution in [0.4, 0.5) is 4.39 Å². The maximum absolute atomic E-state index is 13.4. The first-order chi connectivity index (χ1) is 14.4. The summed E-state index contributed by atoms with van der Waals surface area (Å²) in [6, 6.07) is 8.29. The van der Waals surface area contributed by atoms with E-state index >= 15 is 0 Å². The molecule has 1 saturated heterocycles. The molecule has 6 nitrogen and oxygen atoms in total. The molecule has 158 valence electrons. The van der Waals surface area contributed by atoms with Crippen LogP contribution in [0.3, 0.4) is 0 Å². The lowest BCUT2D eigenvalue weighted by Crippen LogP contribution is -2.36. The Morgan fingerprint density at radius 3 is 2.77 bits per heavy atom. The van der Waals surface area contributed by atoms with Crippen LogP contribution in [-0.2, 0) is 11.3 Å². The van der Waals surface area contributed by atoms with Crippen LogP contribution in [0.5, 0.6) is 0 Å². The molecule has 0 bridgehead atoms. The number of amides is 1. The minimum atomic E-state index is -0.330. The number of halogens is 1. The van der Waals surface area contributed by atoms with Crippen LogP contribution in [0.25, 0.3) is 11.0 Å². The number of aromatic nitrogens is 1. The zero-order valence-electron chi connectivity index (χ0n) is 17.1. The van der Waals surface area contributed by atoms with Crippen LogP contribution in [0.2, 0.25) is 0 Å². The van der Waals surface area contributed by atoms with Crippen molar-refractivity contribution in [3.8, 4) is 0 Å². The molecule has 1 amide bonds. The van der Waals surface area contributed by atoms with Crippen molar-refractivity contribution in [2.24, 2.45) is 0 Å². The molecule has 3 heterocycles. The summed E-state index contributed by atoms with van der Waals surface area (Å²) in [4.78, 5) is 29.6. The zero-order chi connectivity index (χ0) is 21.3. The normalized spacial score (nSPS) is 15.6. The highest BCUT2D eigenvalue weighted by Crippen LogP contribution is 2.33. The van der Waals surface area contributed by atoms with Gasteiger partial charge in [-0.3, -0.25) is 14.5 Å². The highest BCUT2D eigenvalue weighted by Gasteiger charge is 2.26. The summed E-state index contributed by atoms with van der Waals surface area (Å²) in [5.74, 6) is 0.0310. The van der Waals surface area contributed by atoms with E-state index in [1.54, 1.807) is 18.0 Å². The largest absolute Gasteiger partial charge is 0.356 e. The van der Waals surface area contributed by atoms with Gasteiger partial charge in [-0.1, -0.05) is 5.16 Å². The minimum Gasteiger partial charge on any atom is -0.356 e. The van der Waals surface area contributed by atoms with E-state index in [9.17, 15) is 14.0 Å².